The number of halogens is 1. The van der Waals surface area contributed by atoms with Gasteiger partial charge in [-0.3, -0.25) is 4.79 Å². The van der Waals surface area contributed by atoms with Gasteiger partial charge in [-0.15, -0.1) is 0 Å². The van der Waals surface area contributed by atoms with Crippen LogP contribution in [-0.2, 0) is 4.79 Å². The second kappa shape index (κ2) is 4.21. The smallest absolute Gasteiger partial charge is 0.132 e. The molecule has 0 spiro atoms. The van der Waals surface area contributed by atoms with Gasteiger partial charge in [0.05, 0.1) is 0 Å². The first kappa shape index (κ1) is 10.7. The van der Waals surface area contributed by atoms with E-state index < -0.39 is 5.67 Å². The first-order chi connectivity index (χ1) is 5.97. The van der Waals surface area contributed by atoms with Crippen molar-refractivity contribution in [1.82, 2.24) is 0 Å². The Labute approximate surface area is 79.7 Å². The van der Waals surface area contributed by atoms with Crippen molar-refractivity contribution in [1.29, 1.82) is 0 Å². The lowest BCUT2D eigenvalue weighted by Crippen LogP contribution is -2.18. The second-order valence-corrected chi connectivity index (χ2v) is 4.74. The molecule has 1 aliphatic carbocycles. The predicted octanol–water partition coefficient (Wildman–Crippen LogP) is 3.27. The van der Waals surface area contributed by atoms with Crippen LogP contribution < -0.4 is 0 Å². The van der Waals surface area contributed by atoms with Gasteiger partial charge in [0, 0.05) is 12.8 Å². The molecule has 0 N–H and O–H groups in total. The Morgan fingerprint density at radius 3 is 2.38 bits per heavy atom. The van der Waals surface area contributed by atoms with E-state index in [-0.39, 0.29) is 0 Å². The fourth-order valence-electron chi connectivity index (χ4n) is 1.84. The van der Waals surface area contributed by atoms with Crippen LogP contribution in [0.4, 0.5) is 4.39 Å². The minimum absolute atomic E-state index is 0.385. The summed E-state index contributed by atoms with van der Waals surface area (Å²) in [5.41, 5.74) is -1.04. The molecule has 0 heterocycles. The summed E-state index contributed by atoms with van der Waals surface area (Å²) in [6.45, 7) is 3.25. The molecule has 0 saturated heterocycles. The summed E-state index contributed by atoms with van der Waals surface area (Å²) < 4.78 is 13.2. The third-order valence-electron chi connectivity index (χ3n) is 2.81. The topological polar surface area (TPSA) is 17.1 Å². The quantitative estimate of drug-likeness (QED) is 0.661. The molecule has 0 aromatic carbocycles. The maximum atomic E-state index is 13.2. The van der Waals surface area contributed by atoms with E-state index in [0.29, 0.717) is 18.1 Å². The molecule has 1 aliphatic rings. The molecule has 1 saturated carbocycles. The van der Waals surface area contributed by atoms with Crippen LogP contribution in [-0.4, -0.2) is 11.5 Å². The van der Waals surface area contributed by atoms with Crippen molar-refractivity contribution in [3.8, 4) is 0 Å². The molecule has 0 aromatic rings. The van der Waals surface area contributed by atoms with Gasteiger partial charge in [0.1, 0.15) is 11.5 Å². The summed E-state index contributed by atoms with van der Waals surface area (Å²) in [6.07, 6.45) is 4.97. The molecular weight excluding hydrogens is 167 g/mol. The van der Waals surface area contributed by atoms with Gasteiger partial charge >= 0.3 is 0 Å². The molecule has 1 nitrogen and oxygen atoms in total. The molecule has 0 bridgehead atoms. The van der Waals surface area contributed by atoms with E-state index in [2.05, 4.69) is 0 Å². The van der Waals surface area contributed by atoms with Gasteiger partial charge in [-0.1, -0.05) is 0 Å². The van der Waals surface area contributed by atoms with Crippen LogP contribution in [0.2, 0.25) is 0 Å². The van der Waals surface area contributed by atoms with Crippen LogP contribution in [0, 0.1) is 5.92 Å². The molecule has 0 atom stereocenters. The van der Waals surface area contributed by atoms with Crippen LogP contribution in [0.5, 0.6) is 0 Å². The SMILES string of the molecule is CC(C)(F)CCC1CCC(=O)CC1. The van der Waals surface area contributed by atoms with Gasteiger partial charge in [0.15, 0.2) is 0 Å². The third-order valence-corrected chi connectivity index (χ3v) is 2.81. The molecule has 0 aromatic heterocycles. The number of Topliss-reactive ketones (excluding diaryl/α,β-unsaturated/α-hetero) is 1. The highest BCUT2D eigenvalue weighted by Crippen LogP contribution is 2.28. The summed E-state index contributed by atoms with van der Waals surface area (Å²) in [7, 11) is 0. The fourth-order valence-corrected chi connectivity index (χ4v) is 1.84. The zero-order valence-electron chi connectivity index (χ0n) is 8.61. The standard InChI is InChI=1S/C11H19FO/c1-11(2,12)8-7-9-3-5-10(13)6-4-9/h9H,3-8H2,1-2H3. The van der Waals surface area contributed by atoms with Crippen molar-refractivity contribution in [2.75, 3.05) is 0 Å². The number of alkyl halides is 1. The minimum Gasteiger partial charge on any atom is -0.300 e. The van der Waals surface area contributed by atoms with Crippen LogP contribution in [0.25, 0.3) is 0 Å². The van der Waals surface area contributed by atoms with E-state index in [4.69, 9.17) is 0 Å². The molecule has 0 unspecified atom stereocenters. The van der Waals surface area contributed by atoms with E-state index in [1.165, 1.54) is 0 Å². The monoisotopic (exact) mass is 186 g/mol. The molecular formula is C11H19FO. The highest BCUT2D eigenvalue weighted by molar-refractivity contribution is 5.78. The van der Waals surface area contributed by atoms with Crippen LogP contribution in [0.15, 0.2) is 0 Å². The molecule has 0 amide bonds. The number of rotatable bonds is 3. The van der Waals surface area contributed by atoms with Crippen molar-refractivity contribution in [3.63, 3.8) is 0 Å². The number of carbonyl (C=O) groups excluding carboxylic acids is 1. The first-order valence-electron chi connectivity index (χ1n) is 5.18. The summed E-state index contributed by atoms with van der Waals surface area (Å²) in [5, 5.41) is 0. The number of hydrogen-bond acceptors (Lipinski definition) is 1. The van der Waals surface area contributed by atoms with Crippen molar-refractivity contribution in [3.05, 3.63) is 0 Å². The maximum absolute atomic E-state index is 13.2. The Morgan fingerprint density at radius 2 is 1.92 bits per heavy atom. The first-order valence-corrected chi connectivity index (χ1v) is 5.18. The Balaban J connectivity index is 2.20. The summed E-state index contributed by atoms with van der Waals surface area (Å²) in [5.74, 6) is 0.975. The third kappa shape index (κ3) is 4.39. The van der Waals surface area contributed by atoms with E-state index in [9.17, 15) is 9.18 Å². The van der Waals surface area contributed by atoms with Gasteiger partial charge < -0.3 is 0 Å². The molecule has 0 aliphatic heterocycles. The number of carbonyl (C=O) groups is 1. The van der Waals surface area contributed by atoms with E-state index in [1.54, 1.807) is 13.8 Å². The summed E-state index contributed by atoms with van der Waals surface area (Å²) in [6, 6.07) is 0. The molecule has 76 valence electrons. The van der Waals surface area contributed by atoms with Crippen molar-refractivity contribution >= 4 is 5.78 Å². The van der Waals surface area contributed by atoms with E-state index >= 15 is 0 Å². The second-order valence-electron chi connectivity index (χ2n) is 4.74. The predicted molar refractivity (Wildman–Crippen MR) is 51.4 cm³/mol. The lowest BCUT2D eigenvalue weighted by atomic mass is 9.83. The van der Waals surface area contributed by atoms with Gasteiger partial charge in [0.25, 0.3) is 0 Å². The van der Waals surface area contributed by atoms with E-state index in [0.717, 1.165) is 32.1 Å². The van der Waals surface area contributed by atoms with Crippen molar-refractivity contribution < 1.29 is 9.18 Å². The van der Waals surface area contributed by atoms with Crippen LogP contribution in [0.3, 0.4) is 0 Å². The molecule has 2 heteroatoms. The number of hydrogen-bond donors (Lipinski definition) is 0. The Bertz CT molecular complexity index is 171. The zero-order valence-corrected chi connectivity index (χ0v) is 8.61. The summed E-state index contributed by atoms with van der Waals surface area (Å²) in [4.78, 5) is 10.9. The summed E-state index contributed by atoms with van der Waals surface area (Å²) >= 11 is 0. The lowest BCUT2D eigenvalue weighted by Gasteiger charge is -2.23. The van der Waals surface area contributed by atoms with Crippen LogP contribution >= 0.6 is 0 Å². The molecule has 13 heavy (non-hydrogen) atoms. The van der Waals surface area contributed by atoms with Gasteiger partial charge in [0.2, 0.25) is 0 Å². The van der Waals surface area contributed by atoms with Gasteiger partial charge in [-0.25, -0.2) is 4.39 Å². The van der Waals surface area contributed by atoms with Gasteiger partial charge in [-0.05, 0) is 45.4 Å². The average molecular weight is 186 g/mol. The molecule has 1 rings (SSSR count). The lowest BCUT2D eigenvalue weighted by molar-refractivity contribution is -0.121. The maximum Gasteiger partial charge on any atom is 0.132 e. The van der Waals surface area contributed by atoms with Crippen LogP contribution in [0.1, 0.15) is 52.4 Å². The normalized spacial score (nSPS) is 20.7. The van der Waals surface area contributed by atoms with Crippen molar-refractivity contribution in [2.24, 2.45) is 5.92 Å². The molecule has 1 fully saturated rings. The van der Waals surface area contributed by atoms with E-state index in [1.807, 2.05) is 0 Å². The van der Waals surface area contributed by atoms with Crippen molar-refractivity contribution in [2.45, 2.75) is 58.0 Å². The number of ketones is 1. The Hall–Kier alpha value is -0.400. The highest BCUT2D eigenvalue weighted by Gasteiger charge is 2.22. The zero-order chi connectivity index (χ0) is 9.90. The molecule has 0 radical (unpaired) electrons. The highest BCUT2D eigenvalue weighted by atomic mass is 19.1. The Kier molecular flexibility index (Phi) is 3.46. The minimum atomic E-state index is -1.04. The fraction of sp³-hybridized carbons (Fsp3) is 0.909. The Morgan fingerprint density at radius 1 is 1.38 bits per heavy atom. The largest absolute Gasteiger partial charge is 0.300 e. The average Bonchev–Trinajstić information content (AvgIpc) is 2.02. The van der Waals surface area contributed by atoms with Gasteiger partial charge in [-0.2, -0.15) is 0 Å².